The number of nitriles is 1. The van der Waals surface area contributed by atoms with Gasteiger partial charge in [-0.2, -0.15) is 5.26 Å². The fourth-order valence-electron chi connectivity index (χ4n) is 1.97. The van der Waals surface area contributed by atoms with E-state index in [1.165, 1.54) is 11.8 Å². The fourth-order valence-corrected chi connectivity index (χ4v) is 4.42. The maximum Gasteiger partial charge on any atom is 0.192 e. The second-order valence-corrected chi connectivity index (χ2v) is 7.93. The number of aromatic nitrogens is 3. The van der Waals surface area contributed by atoms with Crippen LogP contribution >= 0.6 is 11.8 Å². The molecule has 18 heavy (non-hydrogen) atoms. The minimum atomic E-state index is -2.92. The van der Waals surface area contributed by atoms with Gasteiger partial charge in [0, 0.05) is 13.0 Å². The number of hydrogen-bond acceptors (Lipinski definition) is 6. The highest BCUT2D eigenvalue weighted by Crippen LogP contribution is 2.30. The molecule has 1 aromatic rings. The van der Waals surface area contributed by atoms with Gasteiger partial charge in [-0.25, -0.2) is 8.42 Å². The maximum atomic E-state index is 11.5. The van der Waals surface area contributed by atoms with E-state index in [-0.39, 0.29) is 22.7 Å². The predicted molar refractivity (Wildman–Crippen MR) is 67.9 cm³/mol. The molecule has 0 spiro atoms. The normalized spacial score (nSPS) is 23.7. The molecule has 0 bridgehead atoms. The van der Waals surface area contributed by atoms with Crippen LogP contribution in [0.1, 0.15) is 25.1 Å². The third-order valence-corrected chi connectivity index (χ3v) is 5.72. The summed E-state index contributed by atoms with van der Waals surface area (Å²) in [5.41, 5.74) is 0. The van der Waals surface area contributed by atoms with Gasteiger partial charge >= 0.3 is 0 Å². The second-order valence-electron chi connectivity index (χ2n) is 4.39. The van der Waals surface area contributed by atoms with Crippen molar-refractivity contribution in [1.29, 1.82) is 5.26 Å². The number of sulfone groups is 1. The summed E-state index contributed by atoms with van der Waals surface area (Å²) in [7, 11) is -1.11. The minimum absolute atomic E-state index is 0.0701. The molecule has 6 nitrogen and oxygen atoms in total. The zero-order valence-electron chi connectivity index (χ0n) is 10.2. The monoisotopic (exact) mass is 286 g/mol. The van der Waals surface area contributed by atoms with Crippen molar-refractivity contribution < 1.29 is 8.42 Å². The lowest BCUT2D eigenvalue weighted by Gasteiger charge is -2.08. The van der Waals surface area contributed by atoms with Crippen LogP contribution in [0.25, 0.3) is 0 Å². The topological polar surface area (TPSA) is 88.6 Å². The molecule has 0 aliphatic carbocycles. The molecule has 0 amide bonds. The number of hydrogen-bond donors (Lipinski definition) is 0. The van der Waals surface area contributed by atoms with E-state index < -0.39 is 9.84 Å². The molecular formula is C10H14N4O2S2. The van der Waals surface area contributed by atoms with E-state index >= 15 is 0 Å². The largest absolute Gasteiger partial charge is 0.309 e. The van der Waals surface area contributed by atoms with E-state index in [1.54, 1.807) is 11.5 Å². The van der Waals surface area contributed by atoms with Crippen LogP contribution in [-0.4, -0.2) is 39.9 Å². The molecule has 1 fully saturated rings. The number of rotatable bonds is 3. The molecule has 0 radical (unpaired) electrons. The average molecular weight is 286 g/mol. The smallest absolute Gasteiger partial charge is 0.192 e. The lowest BCUT2D eigenvalue weighted by molar-refractivity contribution is 0.599. The first-order valence-electron chi connectivity index (χ1n) is 5.59. The zero-order chi connectivity index (χ0) is 13.3. The second kappa shape index (κ2) is 4.90. The van der Waals surface area contributed by atoms with E-state index in [9.17, 15) is 8.42 Å². The van der Waals surface area contributed by atoms with Gasteiger partial charge in [-0.3, -0.25) is 0 Å². The molecule has 2 heterocycles. The first-order valence-corrected chi connectivity index (χ1v) is 8.29. The van der Waals surface area contributed by atoms with Gasteiger partial charge in [0.25, 0.3) is 0 Å². The van der Waals surface area contributed by atoms with Gasteiger partial charge in [-0.1, -0.05) is 11.8 Å². The Kier molecular flexibility index (Phi) is 3.64. The average Bonchev–Trinajstić information content (AvgIpc) is 2.83. The third-order valence-electron chi connectivity index (χ3n) is 2.93. The van der Waals surface area contributed by atoms with E-state index in [4.69, 9.17) is 5.26 Å². The molecular weight excluding hydrogens is 272 g/mol. The first kappa shape index (κ1) is 13.4. The van der Waals surface area contributed by atoms with Crippen molar-refractivity contribution in [3.05, 3.63) is 5.82 Å². The van der Waals surface area contributed by atoms with Crippen molar-refractivity contribution in [2.75, 3.05) is 11.5 Å². The van der Waals surface area contributed by atoms with E-state index in [2.05, 4.69) is 16.3 Å². The molecule has 2 rings (SSSR count). The van der Waals surface area contributed by atoms with Crippen molar-refractivity contribution in [1.82, 2.24) is 14.8 Å². The molecule has 2 atom stereocenters. The van der Waals surface area contributed by atoms with Crippen molar-refractivity contribution >= 4 is 21.6 Å². The summed E-state index contributed by atoms with van der Waals surface area (Å²) in [5, 5.41) is 17.3. The molecule has 0 N–H and O–H groups in total. The van der Waals surface area contributed by atoms with Gasteiger partial charge in [0.15, 0.2) is 15.0 Å². The third kappa shape index (κ3) is 2.67. The highest BCUT2D eigenvalue weighted by molar-refractivity contribution is 8.00. The van der Waals surface area contributed by atoms with Gasteiger partial charge in [0.2, 0.25) is 0 Å². The molecule has 8 heteroatoms. The van der Waals surface area contributed by atoms with Gasteiger partial charge in [0.05, 0.1) is 22.8 Å². The summed E-state index contributed by atoms with van der Waals surface area (Å²) in [5.74, 6) is 1.00. The Morgan fingerprint density at radius 1 is 1.56 bits per heavy atom. The summed E-state index contributed by atoms with van der Waals surface area (Å²) < 4.78 is 24.7. The van der Waals surface area contributed by atoms with E-state index in [1.807, 2.05) is 7.05 Å². The van der Waals surface area contributed by atoms with Crippen LogP contribution in [0.4, 0.5) is 0 Å². The molecule has 98 valence electrons. The maximum absolute atomic E-state index is 11.5. The molecule has 0 saturated carbocycles. The summed E-state index contributed by atoms with van der Waals surface area (Å²) >= 11 is 1.33. The molecule has 1 aliphatic heterocycles. The van der Waals surface area contributed by atoms with Crippen LogP contribution in [0.5, 0.6) is 0 Å². The quantitative estimate of drug-likeness (QED) is 0.761. The van der Waals surface area contributed by atoms with E-state index in [0.717, 1.165) is 0 Å². The van der Waals surface area contributed by atoms with Crippen LogP contribution in [0.15, 0.2) is 5.16 Å². The highest BCUT2D eigenvalue weighted by Gasteiger charge is 2.32. The molecule has 1 aliphatic rings. The molecule has 1 aromatic heterocycles. The number of thioether (sulfide) groups is 1. The van der Waals surface area contributed by atoms with E-state index in [0.29, 0.717) is 17.4 Å². The van der Waals surface area contributed by atoms with Crippen LogP contribution in [0.2, 0.25) is 0 Å². The van der Waals surface area contributed by atoms with Gasteiger partial charge in [-0.15, -0.1) is 10.2 Å². The Hall–Kier alpha value is -1.07. The van der Waals surface area contributed by atoms with Gasteiger partial charge in [-0.05, 0) is 13.3 Å². The van der Waals surface area contributed by atoms with Crippen LogP contribution in [0.3, 0.4) is 0 Å². The summed E-state index contributed by atoms with van der Waals surface area (Å²) in [4.78, 5) is 0. The van der Waals surface area contributed by atoms with Crippen LogP contribution < -0.4 is 0 Å². The highest BCUT2D eigenvalue weighted by atomic mass is 32.2. The summed E-state index contributed by atoms with van der Waals surface area (Å²) in [6.07, 6.45) is 0.604. The van der Waals surface area contributed by atoms with Crippen molar-refractivity contribution in [3.63, 3.8) is 0 Å². The van der Waals surface area contributed by atoms with Crippen molar-refractivity contribution in [3.8, 4) is 6.07 Å². The van der Waals surface area contributed by atoms with Crippen molar-refractivity contribution in [2.45, 2.75) is 29.7 Å². The Morgan fingerprint density at radius 2 is 2.28 bits per heavy atom. The first-order chi connectivity index (χ1) is 8.43. The minimum Gasteiger partial charge on any atom is -0.309 e. The Labute approximate surface area is 110 Å². The Morgan fingerprint density at radius 3 is 2.83 bits per heavy atom. The lowest BCUT2D eigenvalue weighted by Crippen LogP contribution is -2.09. The molecule has 1 saturated heterocycles. The SMILES string of the molecule is C[C@H](C#N)Sc1nnc([C@H]2CCS(=O)(=O)C2)n1C. The fraction of sp³-hybridized carbons (Fsp3) is 0.700. The Bertz CT molecular complexity index is 588. The van der Waals surface area contributed by atoms with Crippen molar-refractivity contribution in [2.24, 2.45) is 7.05 Å². The standard InChI is InChI=1S/C10H14N4O2S2/c1-7(5-11)17-10-13-12-9(14(10)2)8-3-4-18(15,16)6-8/h7-8H,3-4,6H2,1-2H3/t7-,8+/m1/s1. The van der Waals surface area contributed by atoms with Crippen LogP contribution in [-0.2, 0) is 16.9 Å². The van der Waals surface area contributed by atoms with Gasteiger partial charge in [0.1, 0.15) is 5.82 Å². The van der Waals surface area contributed by atoms with Gasteiger partial charge < -0.3 is 4.57 Å². The summed E-state index contributed by atoms with van der Waals surface area (Å²) in [6, 6.07) is 2.12. The van der Waals surface area contributed by atoms with Crippen LogP contribution in [0, 0.1) is 11.3 Å². The Balaban J connectivity index is 2.19. The number of nitrogens with zero attached hydrogens (tertiary/aromatic N) is 4. The summed E-state index contributed by atoms with van der Waals surface area (Å²) in [6.45, 7) is 1.79. The molecule has 0 aromatic carbocycles. The lowest BCUT2D eigenvalue weighted by atomic mass is 10.1. The predicted octanol–water partition coefficient (Wildman–Crippen LogP) is 0.721. The molecule has 0 unspecified atom stereocenters. The zero-order valence-corrected chi connectivity index (χ0v) is 11.8.